The van der Waals surface area contributed by atoms with Crippen molar-refractivity contribution in [2.45, 2.75) is 13.7 Å². The Bertz CT molecular complexity index is 2080. The second-order valence-corrected chi connectivity index (χ2v) is 9.62. The van der Waals surface area contributed by atoms with Crippen molar-refractivity contribution in [3.05, 3.63) is 139 Å². The third kappa shape index (κ3) is 5.16. The van der Waals surface area contributed by atoms with E-state index in [0.29, 0.717) is 22.8 Å². The van der Waals surface area contributed by atoms with Crippen LogP contribution in [0.3, 0.4) is 0 Å². The molecule has 2 aliphatic rings. The van der Waals surface area contributed by atoms with E-state index in [4.69, 9.17) is 17.7 Å². The molecule has 0 spiro atoms. The molecule has 6 heteroatoms. The molecule has 0 fully saturated rings. The van der Waals surface area contributed by atoms with Crippen LogP contribution < -0.4 is 25.9 Å². The number of ether oxygens (including phenoxy) is 2. The maximum Gasteiger partial charge on any atom is 0.239 e. The predicted molar refractivity (Wildman–Crippen MR) is 164 cm³/mol. The van der Waals surface area contributed by atoms with Gasteiger partial charge in [0.2, 0.25) is 6.71 Å². The van der Waals surface area contributed by atoms with Gasteiger partial charge in [-0.2, -0.15) is 0 Å². The molecule has 6 aromatic rings. The van der Waals surface area contributed by atoms with Crippen LogP contribution in [0.1, 0.15) is 19.4 Å². The molecule has 4 aromatic carbocycles. The minimum absolute atomic E-state index is 0. The van der Waals surface area contributed by atoms with Gasteiger partial charge in [-0.1, -0.05) is 71.2 Å². The SMILES string of the molecule is [2H]C([2H])([2H])c1ccc(-c2[c-]cccc2)nc1.[2H]C([2H])([2H])c1ccnc(-c2[c-]cc3c4c2Oc2ccccc2B4c2ccccc2O3)c1.[Ir]. The van der Waals surface area contributed by atoms with Gasteiger partial charge in [-0.25, -0.2) is 0 Å². The summed E-state index contributed by atoms with van der Waals surface area (Å²) in [7, 11) is 0. The van der Waals surface area contributed by atoms with Crippen molar-refractivity contribution in [3.63, 3.8) is 0 Å². The van der Waals surface area contributed by atoms with Crippen LogP contribution in [0, 0.1) is 25.8 Å². The van der Waals surface area contributed by atoms with E-state index >= 15 is 0 Å². The van der Waals surface area contributed by atoms with Gasteiger partial charge >= 0.3 is 0 Å². The van der Waals surface area contributed by atoms with Crippen LogP contribution in [-0.4, -0.2) is 16.7 Å². The fourth-order valence-electron chi connectivity index (χ4n) is 5.19. The van der Waals surface area contributed by atoms with Gasteiger partial charge in [0, 0.05) is 52.2 Å². The largest absolute Gasteiger partial charge is 0.503 e. The molecule has 0 saturated carbocycles. The van der Waals surface area contributed by atoms with E-state index in [1.807, 2.05) is 54.6 Å². The Morgan fingerprint density at radius 1 is 0.714 bits per heavy atom. The Morgan fingerprint density at radius 3 is 2.19 bits per heavy atom. The molecule has 4 nitrogen and oxygen atoms in total. The molecule has 4 heterocycles. The summed E-state index contributed by atoms with van der Waals surface area (Å²) in [6.45, 7) is -4.37. The maximum atomic E-state index is 7.75. The molecule has 0 amide bonds. The van der Waals surface area contributed by atoms with Gasteiger partial charge in [-0.05, 0) is 59.8 Å². The van der Waals surface area contributed by atoms with Crippen molar-refractivity contribution in [2.75, 3.05) is 0 Å². The fraction of sp³-hybridized carbons (Fsp3) is 0.0556. The molecular formula is C36H25BIrN2O2-2. The van der Waals surface area contributed by atoms with Crippen molar-refractivity contribution >= 4 is 23.1 Å². The summed E-state index contributed by atoms with van der Waals surface area (Å²) in [4.78, 5) is 8.55. The van der Waals surface area contributed by atoms with E-state index in [1.54, 1.807) is 30.3 Å². The van der Waals surface area contributed by atoms with Gasteiger partial charge in [0.15, 0.2) is 0 Å². The predicted octanol–water partition coefficient (Wildman–Crippen LogP) is 6.44. The molecule has 8 rings (SSSR count). The van der Waals surface area contributed by atoms with Gasteiger partial charge in [0.25, 0.3) is 0 Å². The molecule has 0 bridgehead atoms. The van der Waals surface area contributed by atoms with E-state index in [-0.39, 0.29) is 37.9 Å². The number of nitrogens with zero attached hydrogens (tertiary/aromatic N) is 2. The summed E-state index contributed by atoms with van der Waals surface area (Å²) < 4.78 is 57.5. The number of aromatic nitrogens is 2. The molecule has 205 valence electrons. The fourth-order valence-corrected chi connectivity index (χ4v) is 5.19. The summed E-state index contributed by atoms with van der Waals surface area (Å²) in [5, 5.41) is 0. The van der Waals surface area contributed by atoms with Crippen LogP contribution in [0.2, 0.25) is 0 Å². The summed E-state index contributed by atoms with van der Waals surface area (Å²) in [5.74, 6) is 2.86. The quantitative estimate of drug-likeness (QED) is 0.152. The molecule has 2 aliphatic heterocycles. The third-order valence-electron chi connectivity index (χ3n) is 7.03. The van der Waals surface area contributed by atoms with Gasteiger partial charge in [0.1, 0.15) is 11.5 Å². The van der Waals surface area contributed by atoms with Crippen LogP contribution >= 0.6 is 0 Å². The first kappa shape index (κ1) is 21.2. The first-order chi connectivity index (χ1) is 22.6. The Hall–Kier alpha value is -4.51. The van der Waals surface area contributed by atoms with Gasteiger partial charge < -0.3 is 19.4 Å². The molecular weight excluding hydrogens is 695 g/mol. The minimum Gasteiger partial charge on any atom is -0.503 e. The molecule has 0 aliphatic carbocycles. The number of pyridine rings is 2. The minimum atomic E-state index is -2.22. The normalized spacial score (nSPS) is 14.4. The first-order valence-corrected chi connectivity index (χ1v) is 13.1. The van der Waals surface area contributed by atoms with Crippen LogP contribution in [0.15, 0.2) is 116 Å². The standard InChI is InChI=1S/C24H15BNO2.C12H10N.Ir/c1-15-12-13-26-19(14-15)16-10-11-22-23-24(16)28-21-9-5-3-7-18(21)25(23)17-6-2-4-8-20(17)27-22;1-10-7-8-12(13-9-10)11-5-3-2-4-6-11;/h2-9,11-14H,1H3;2-5,7-9H,1H3;/q2*-1;/i2*1D3;. The molecule has 0 atom stereocenters. The van der Waals surface area contributed by atoms with Crippen molar-refractivity contribution < 1.29 is 37.8 Å². The molecule has 2 aromatic heterocycles. The number of hydrogen-bond donors (Lipinski definition) is 0. The second kappa shape index (κ2) is 11.8. The third-order valence-corrected chi connectivity index (χ3v) is 7.03. The number of benzene rings is 4. The van der Waals surface area contributed by atoms with E-state index in [1.165, 1.54) is 18.5 Å². The van der Waals surface area contributed by atoms with Gasteiger partial charge in [-0.3, -0.25) is 0 Å². The van der Waals surface area contributed by atoms with E-state index in [0.717, 1.165) is 39.1 Å². The Morgan fingerprint density at radius 2 is 1.48 bits per heavy atom. The average molecular weight is 727 g/mol. The number of rotatable bonds is 2. The van der Waals surface area contributed by atoms with Crippen molar-refractivity contribution in [3.8, 4) is 45.5 Å². The maximum absolute atomic E-state index is 7.75. The van der Waals surface area contributed by atoms with Crippen molar-refractivity contribution in [1.29, 1.82) is 0 Å². The number of hydrogen-bond acceptors (Lipinski definition) is 4. The van der Waals surface area contributed by atoms with Crippen LogP contribution in [0.4, 0.5) is 0 Å². The molecule has 0 N–H and O–H groups in total. The number of fused-ring (bicyclic) bond motifs is 4. The molecule has 1 radical (unpaired) electrons. The molecule has 0 unspecified atom stereocenters. The smallest absolute Gasteiger partial charge is 0.239 e. The topological polar surface area (TPSA) is 44.2 Å². The summed E-state index contributed by atoms with van der Waals surface area (Å²) in [6.07, 6.45) is 2.90. The molecule has 42 heavy (non-hydrogen) atoms. The van der Waals surface area contributed by atoms with Gasteiger partial charge in [0.05, 0.1) is 0 Å². The monoisotopic (exact) mass is 727 g/mol. The van der Waals surface area contributed by atoms with Crippen LogP contribution in [0.5, 0.6) is 23.0 Å². The summed E-state index contributed by atoms with van der Waals surface area (Å²) >= 11 is 0. The first-order valence-electron chi connectivity index (χ1n) is 16.1. The van der Waals surface area contributed by atoms with E-state index in [9.17, 15) is 0 Å². The Kier molecular flexibility index (Phi) is 5.95. The Labute approximate surface area is 268 Å². The van der Waals surface area contributed by atoms with Gasteiger partial charge in [-0.15, -0.1) is 48.0 Å². The van der Waals surface area contributed by atoms with Crippen molar-refractivity contribution in [1.82, 2.24) is 9.97 Å². The zero-order chi connectivity index (χ0) is 32.8. The number of aryl methyl sites for hydroxylation is 2. The van der Waals surface area contributed by atoms with E-state index in [2.05, 4.69) is 34.2 Å². The van der Waals surface area contributed by atoms with E-state index < -0.39 is 13.7 Å². The zero-order valence-corrected chi connectivity index (χ0v) is 24.5. The molecule has 0 saturated heterocycles. The number of para-hydroxylation sites is 2. The zero-order valence-electron chi connectivity index (χ0n) is 28.1. The average Bonchev–Trinajstić information content (AvgIpc) is 3.08. The Balaban J connectivity index is 0.000000201. The van der Waals surface area contributed by atoms with Crippen molar-refractivity contribution in [2.24, 2.45) is 0 Å². The van der Waals surface area contributed by atoms with Crippen LogP contribution in [0.25, 0.3) is 22.5 Å². The second-order valence-electron chi connectivity index (χ2n) is 9.62. The summed E-state index contributed by atoms with van der Waals surface area (Å²) in [5.41, 5.74) is 6.23. The van der Waals surface area contributed by atoms with Crippen LogP contribution in [-0.2, 0) is 20.1 Å². The summed E-state index contributed by atoms with van der Waals surface area (Å²) in [6, 6.07) is 37.8.